The highest BCUT2D eigenvalue weighted by Gasteiger charge is 2.53. The van der Waals surface area contributed by atoms with Gasteiger partial charge in [-0.05, 0) is 79.1 Å². The molecule has 5 N–H and O–H groups in total. The number of ketones is 1. The Morgan fingerprint density at radius 2 is 1.81 bits per heavy atom. The van der Waals surface area contributed by atoms with Gasteiger partial charge in [-0.15, -0.1) is 11.3 Å². The maximum atomic E-state index is 14.4. The summed E-state index contributed by atoms with van der Waals surface area (Å²) >= 11 is 1.37. The number of esters is 1. The molecule has 5 heterocycles. The van der Waals surface area contributed by atoms with Crippen LogP contribution in [0.25, 0.3) is 10.7 Å². The number of thiazole rings is 1. The van der Waals surface area contributed by atoms with Crippen molar-refractivity contribution < 1.29 is 53.4 Å². The number of aliphatic hydroxyl groups excluding tert-OH is 2. The van der Waals surface area contributed by atoms with Crippen LogP contribution in [-0.4, -0.2) is 135 Å². The number of hydrogen-bond donors (Lipinski definition) is 4. The van der Waals surface area contributed by atoms with Gasteiger partial charge in [0.05, 0.1) is 48.1 Å². The van der Waals surface area contributed by atoms with Crippen LogP contribution in [-0.2, 0) is 44.7 Å². The van der Waals surface area contributed by atoms with E-state index in [9.17, 15) is 24.9 Å². The minimum Gasteiger partial charge on any atom is -0.459 e. The fourth-order valence-corrected chi connectivity index (χ4v) is 9.43. The second-order valence-electron chi connectivity index (χ2n) is 17.0. The van der Waals surface area contributed by atoms with E-state index < -0.39 is 83.4 Å². The fraction of sp³-hybridized carbons (Fsp3) is 0.732. The Balaban J connectivity index is 1.57. The number of nitrogens with two attached hydrogens (primary N) is 1. The number of likely N-dealkylation sites (N-methyl/N-ethyl adjacent to an activating group) is 1. The van der Waals surface area contributed by atoms with Gasteiger partial charge in [0, 0.05) is 24.1 Å². The summed E-state index contributed by atoms with van der Waals surface area (Å²) in [4.78, 5) is 45.5. The van der Waals surface area contributed by atoms with E-state index in [1.54, 1.807) is 46.0 Å². The lowest BCUT2D eigenvalue weighted by Crippen LogP contribution is -2.60. The highest BCUT2D eigenvalue weighted by molar-refractivity contribution is 7.14. The number of aromatic nitrogens is 2. The first kappa shape index (κ1) is 45.9. The minimum absolute atomic E-state index is 0.0548. The number of anilines is 1. The van der Waals surface area contributed by atoms with E-state index in [0.717, 1.165) is 4.88 Å². The first-order chi connectivity index (χ1) is 27.3. The monoisotopic (exact) mass is 833 g/mol. The summed E-state index contributed by atoms with van der Waals surface area (Å²) in [5.41, 5.74) is 3.62. The summed E-state index contributed by atoms with van der Waals surface area (Å²) in [6.45, 7) is 13.4. The number of nitrogens with zero attached hydrogens (tertiary/aromatic N) is 4. The molecule has 0 aromatic carbocycles. The quantitative estimate of drug-likeness (QED) is 0.170. The van der Waals surface area contributed by atoms with Gasteiger partial charge in [0.25, 0.3) is 0 Å². The Labute approximate surface area is 345 Å². The van der Waals surface area contributed by atoms with Crippen LogP contribution in [0.4, 0.5) is 5.82 Å². The Morgan fingerprint density at radius 3 is 2.48 bits per heavy atom. The van der Waals surface area contributed by atoms with Crippen molar-refractivity contribution in [1.82, 2.24) is 14.9 Å². The Bertz CT molecular complexity index is 1740. The number of nitrogen functional groups attached to an aromatic ring is 1. The SMILES string of the molecule is CC[C@H]1OC(=O)[C@H](C)C(=O)[C@H](C)[C@@H](O[C@H]2O[C@H](C)C[C@H](N(C)C)[C@H]2O)[C@@]2(C)C[C@@H](C)[C@H](O)[C@H](C)C(OC/C(=N\OCc3cnc(-c4cccc(N)n4)s3)CO2)[C@]1(C)O. The largest absolute Gasteiger partial charge is 0.459 e. The molecule has 0 aliphatic carbocycles. The predicted octanol–water partition coefficient (Wildman–Crippen LogP) is 3.60. The van der Waals surface area contributed by atoms with Crippen molar-refractivity contribution in [3.63, 3.8) is 0 Å². The summed E-state index contributed by atoms with van der Waals surface area (Å²) in [6.07, 6.45) is -4.35. The average molecular weight is 834 g/mol. The molecule has 58 heavy (non-hydrogen) atoms. The molecule has 14 atom stereocenters. The predicted molar refractivity (Wildman–Crippen MR) is 216 cm³/mol. The molecule has 5 rings (SSSR count). The van der Waals surface area contributed by atoms with Crippen LogP contribution in [0.15, 0.2) is 29.6 Å². The molecule has 17 heteroatoms. The van der Waals surface area contributed by atoms with Gasteiger partial charge in [-0.25, -0.2) is 9.97 Å². The minimum atomic E-state index is -1.82. The lowest BCUT2D eigenvalue weighted by atomic mass is 9.73. The number of carbonyl (C=O) groups excluding carboxylic acids is 2. The lowest BCUT2D eigenvalue weighted by molar-refractivity contribution is -0.297. The van der Waals surface area contributed by atoms with Crippen LogP contribution < -0.4 is 5.73 Å². The number of Topliss-reactive ketones (excluding diaryl/α,β-unsaturated/α-hetero) is 1. The average Bonchev–Trinajstić information content (AvgIpc) is 3.65. The van der Waals surface area contributed by atoms with Gasteiger partial charge < -0.3 is 54.5 Å². The number of oxime groups is 1. The number of carbonyl (C=O) groups is 2. The smallest absolute Gasteiger partial charge is 0.316 e. The molecule has 0 spiro atoms. The van der Waals surface area contributed by atoms with E-state index >= 15 is 0 Å². The van der Waals surface area contributed by atoms with Gasteiger partial charge in [-0.2, -0.15) is 0 Å². The van der Waals surface area contributed by atoms with Crippen molar-refractivity contribution in [2.24, 2.45) is 28.8 Å². The zero-order valence-corrected chi connectivity index (χ0v) is 36.2. The third-order valence-corrected chi connectivity index (χ3v) is 13.0. The van der Waals surface area contributed by atoms with Crippen LogP contribution in [0.2, 0.25) is 0 Å². The number of hydrogen-bond acceptors (Lipinski definition) is 17. The van der Waals surface area contributed by atoms with Gasteiger partial charge in [-0.1, -0.05) is 38.9 Å². The molecular weight excluding hydrogens is 771 g/mol. The van der Waals surface area contributed by atoms with Crippen molar-refractivity contribution in [2.75, 3.05) is 33.0 Å². The van der Waals surface area contributed by atoms with Gasteiger partial charge in [-0.3, -0.25) is 9.59 Å². The molecule has 0 radical (unpaired) electrons. The maximum absolute atomic E-state index is 14.4. The highest BCUT2D eigenvalue weighted by atomic mass is 32.1. The van der Waals surface area contributed by atoms with Crippen LogP contribution in [0.1, 0.15) is 79.5 Å². The molecule has 3 aliphatic heterocycles. The molecule has 2 aromatic heterocycles. The van der Waals surface area contributed by atoms with E-state index in [1.165, 1.54) is 25.2 Å². The summed E-state index contributed by atoms with van der Waals surface area (Å²) in [5, 5.41) is 41.0. The third-order valence-electron chi connectivity index (χ3n) is 12.0. The Hall–Kier alpha value is -3.13. The Morgan fingerprint density at radius 1 is 1.09 bits per heavy atom. The van der Waals surface area contributed by atoms with E-state index in [2.05, 4.69) is 15.1 Å². The highest BCUT2D eigenvalue weighted by Crippen LogP contribution is 2.41. The maximum Gasteiger partial charge on any atom is 0.316 e. The van der Waals surface area contributed by atoms with Crippen molar-refractivity contribution in [2.45, 2.75) is 141 Å². The van der Waals surface area contributed by atoms with E-state index in [4.69, 9.17) is 34.3 Å². The number of rotatable bonds is 8. The number of aliphatic hydroxyl groups is 3. The molecule has 16 nitrogen and oxygen atoms in total. The molecule has 3 saturated heterocycles. The van der Waals surface area contributed by atoms with Crippen molar-refractivity contribution >= 4 is 34.6 Å². The standard InChI is InChI=1S/C41H63N5O11S/c1-11-30-41(8,51)36-23(4)32(47)21(2)16-40(7,53-19-26(18-52-36)45-54-20-27-17-43-37(58-27)28-13-12-14-31(42)44-28)35(24(5)33(48)25(6)38(50)56-30)57-39-34(49)29(46(9)10)15-22(3)55-39/h12-14,17,21-25,29-30,32,34-36,39,47,49,51H,11,15-16,18-20H2,1-10H3,(H2,42,44)/b45-26+/t21-,22-,23+,24+,25-,29+,30-,32+,34-,35-,36?,39-,40-,41-/m1/s1. The molecule has 3 aliphatic rings. The van der Waals surface area contributed by atoms with Crippen molar-refractivity contribution in [3.8, 4) is 10.7 Å². The van der Waals surface area contributed by atoms with Gasteiger partial charge in [0.1, 0.15) is 46.0 Å². The third kappa shape index (κ3) is 10.2. The normalized spacial score (nSPS) is 39.1. The zero-order chi connectivity index (χ0) is 42.7. The summed E-state index contributed by atoms with van der Waals surface area (Å²) in [6, 6.07) is 5.01. The van der Waals surface area contributed by atoms with Gasteiger partial charge in [0.15, 0.2) is 18.7 Å². The van der Waals surface area contributed by atoms with Crippen LogP contribution in [0, 0.1) is 23.7 Å². The van der Waals surface area contributed by atoms with Crippen LogP contribution >= 0.6 is 11.3 Å². The first-order valence-corrected chi connectivity index (χ1v) is 21.0. The van der Waals surface area contributed by atoms with Crippen molar-refractivity contribution in [1.29, 1.82) is 0 Å². The fourth-order valence-electron chi connectivity index (χ4n) is 8.64. The molecule has 0 saturated carbocycles. The van der Waals surface area contributed by atoms with E-state index in [1.807, 2.05) is 38.9 Å². The molecular formula is C41H63N5O11S. The molecule has 2 aromatic rings. The Kier molecular flexibility index (Phi) is 15.1. The molecule has 1 unspecified atom stereocenters. The van der Waals surface area contributed by atoms with Crippen LogP contribution in [0.3, 0.4) is 0 Å². The first-order valence-electron chi connectivity index (χ1n) is 20.2. The number of cyclic esters (lactones) is 1. The number of pyridine rings is 1. The van der Waals surface area contributed by atoms with Gasteiger partial charge >= 0.3 is 5.97 Å². The summed E-state index contributed by atoms with van der Waals surface area (Å²) in [7, 11) is 3.74. The van der Waals surface area contributed by atoms with Gasteiger partial charge in [0.2, 0.25) is 0 Å². The lowest BCUT2D eigenvalue weighted by Gasteiger charge is -2.48. The number of ether oxygens (including phenoxy) is 5. The second kappa shape index (κ2) is 19.1. The number of fused-ring (bicyclic) bond motifs is 5. The molecule has 3 fully saturated rings. The van der Waals surface area contributed by atoms with Crippen molar-refractivity contribution in [3.05, 3.63) is 29.3 Å². The molecule has 0 amide bonds. The molecule has 2 bridgehead atoms. The molecule has 324 valence electrons. The topological polar surface area (TPSA) is 218 Å². The summed E-state index contributed by atoms with van der Waals surface area (Å²) in [5.74, 6) is -4.40. The van der Waals surface area contributed by atoms with Crippen LogP contribution in [0.5, 0.6) is 0 Å². The summed E-state index contributed by atoms with van der Waals surface area (Å²) < 4.78 is 32.2. The van der Waals surface area contributed by atoms with E-state index in [0.29, 0.717) is 28.7 Å². The van der Waals surface area contributed by atoms with E-state index in [-0.39, 0.29) is 44.8 Å². The second-order valence-corrected chi connectivity index (χ2v) is 18.1. The zero-order valence-electron chi connectivity index (χ0n) is 35.4.